The van der Waals surface area contributed by atoms with E-state index in [1.165, 1.54) is 0 Å². The number of carbonyl (C=O) groups is 1. The van der Waals surface area contributed by atoms with Crippen LogP contribution in [-0.4, -0.2) is 28.6 Å². The number of nitrogens with zero attached hydrogens (tertiary/aromatic N) is 2. The Bertz CT molecular complexity index is 867. The zero-order valence-corrected chi connectivity index (χ0v) is 14.1. The van der Waals surface area contributed by atoms with Gasteiger partial charge in [0, 0.05) is 24.1 Å². The molecule has 1 N–H and O–H groups in total. The van der Waals surface area contributed by atoms with Gasteiger partial charge in [-0.15, -0.1) is 0 Å². The normalized spacial score (nSPS) is 17.3. The summed E-state index contributed by atoms with van der Waals surface area (Å²) < 4.78 is 5.43. The molecular formula is C18H17N3O2S. The van der Waals surface area contributed by atoms with Crippen LogP contribution in [0.2, 0.25) is 0 Å². The van der Waals surface area contributed by atoms with Crippen LogP contribution in [0, 0.1) is 6.92 Å². The van der Waals surface area contributed by atoms with Gasteiger partial charge in [-0.1, -0.05) is 11.3 Å². The van der Waals surface area contributed by atoms with Crippen LogP contribution in [0.15, 0.2) is 36.5 Å². The number of anilines is 1. The highest BCUT2D eigenvalue weighted by Gasteiger charge is 2.23. The van der Waals surface area contributed by atoms with Crippen molar-refractivity contribution in [3.05, 3.63) is 42.1 Å². The molecule has 0 aliphatic carbocycles. The SMILES string of the molecule is Cc1cc(-c2nc3cccnc3s2)ccc1NC(=O)C1CCCO1. The molecule has 1 atom stereocenters. The highest BCUT2D eigenvalue weighted by molar-refractivity contribution is 7.21. The minimum Gasteiger partial charge on any atom is -0.368 e. The lowest BCUT2D eigenvalue weighted by Crippen LogP contribution is -2.27. The Morgan fingerprint density at radius 3 is 3.04 bits per heavy atom. The first-order valence-corrected chi connectivity index (χ1v) is 8.77. The van der Waals surface area contributed by atoms with Crippen molar-refractivity contribution < 1.29 is 9.53 Å². The first kappa shape index (κ1) is 15.2. The van der Waals surface area contributed by atoms with Gasteiger partial charge in [0.15, 0.2) is 0 Å². The molecule has 24 heavy (non-hydrogen) atoms. The summed E-state index contributed by atoms with van der Waals surface area (Å²) >= 11 is 1.57. The van der Waals surface area contributed by atoms with E-state index in [9.17, 15) is 4.79 Å². The van der Waals surface area contributed by atoms with E-state index >= 15 is 0 Å². The summed E-state index contributed by atoms with van der Waals surface area (Å²) in [5, 5.41) is 3.90. The van der Waals surface area contributed by atoms with Gasteiger partial charge in [-0.2, -0.15) is 0 Å². The number of ether oxygens (including phenoxy) is 1. The third kappa shape index (κ3) is 2.90. The number of pyridine rings is 1. The van der Waals surface area contributed by atoms with Crippen molar-refractivity contribution in [1.29, 1.82) is 0 Å². The minimum atomic E-state index is -0.320. The standard InChI is InChI=1S/C18H17N3O2S/c1-11-10-12(17-21-14-4-2-8-19-18(14)24-17)6-7-13(11)20-16(22)15-5-3-9-23-15/h2,4,6-8,10,15H,3,5,9H2,1H3,(H,20,22). The summed E-state index contributed by atoms with van der Waals surface area (Å²) in [6, 6.07) is 9.81. The maximum absolute atomic E-state index is 12.2. The van der Waals surface area contributed by atoms with E-state index in [1.807, 2.05) is 37.3 Å². The van der Waals surface area contributed by atoms with E-state index in [4.69, 9.17) is 4.74 Å². The molecule has 4 rings (SSSR count). The van der Waals surface area contributed by atoms with Gasteiger partial charge in [-0.3, -0.25) is 4.79 Å². The number of fused-ring (bicyclic) bond motifs is 1. The fourth-order valence-corrected chi connectivity index (χ4v) is 3.73. The van der Waals surface area contributed by atoms with Crippen molar-refractivity contribution in [1.82, 2.24) is 9.97 Å². The molecule has 5 nitrogen and oxygen atoms in total. The van der Waals surface area contributed by atoms with Crippen LogP contribution in [-0.2, 0) is 9.53 Å². The average molecular weight is 339 g/mol. The number of hydrogen-bond donors (Lipinski definition) is 1. The van der Waals surface area contributed by atoms with E-state index in [-0.39, 0.29) is 12.0 Å². The molecular weight excluding hydrogens is 322 g/mol. The number of rotatable bonds is 3. The van der Waals surface area contributed by atoms with Gasteiger partial charge in [0.25, 0.3) is 5.91 Å². The Balaban J connectivity index is 1.58. The van der Waals surface area contributed by atoms with Crippen molar-refractivity contribution in [3.8, 4) is 10.6 Å². The summed E-state index contributed by atoms with van der Waals surface area (Å²) in [6.07, 6.45) is 3.20. The van der Waals surface area contributed by atoms with Crippen LogP contribution in [0.5, 0.6) is 0 Å². The van der Waals surface area contributed by atoms with Gasteiger partial charge < -0.3 is 10.1 Å². The lowest BCUT2D eigenvalue weighted by atomic mass is 10.1. The van der Waals surface area contributed by atoms with Crippen molar-refractivity contribution in [2.75, 3.05) is 11.9 Å². The molecule has 3 heterocycles. The van der Waals surface area contributed by atoms with Gasteiger partial charge >= 0.3 is 0 Å². The average Bonchev–Trinajstić information content (AvgIpc) is 3.26. The number of carbonyl (C=O) groups excluding carboxylic acids is 1. The molecule has 1 aromatic carbocycles. The molecule has 1 aliphatic heterocycles. The Hall–Kier alpha value is -2.31. The monoisotopic (exact) mass is 339 g/mol. The number of nitrogens with one attached hydrogen (secondary N) is 1. The second kappa shape index (κ2) is 6.30. The lowest BCUT2D eigenvalue weighted by Gasteiger charge is -2.13. The molecule has 0 radical (unpaired) electrons. The zero-order valence-electron chi connectivity index (χ0n) is 13.3. The molecule has 1 fully saturated rings. The highest BCUT2D eigenvalue weighted by atomic mass is 32.1. The molecule has 0 saturated carbocycles. The van der Waals surface area contributed by atoms with Gasteiger partial charge in [0.2, 0.25) is 0 Å². The van der Waals surface area contributed by atoms with Crippen molar-refractivity contribution >= 4 is 33.3 Å². The van der Waals surface area contributed by atoms with E-state index < -0.39 is 0 Å². The smallest absolute Gasteiger partial charge is 0.253 e. The topological polar surface area (TPSA) is 64.1 Å². The van der Waals surface area contributed by atoms with E-state index in [0.29, 0.717) is 6.61 Å². The number of hydrogen-bond acceptors (Lipinski definition) is 5. The van der Waals surface area contributed by atoms with Gasteiger partial charge in [0.05, 0.1) is 0 Å². The van der Waals surface area contributed by atoms with Crippen LogP contribution in [0.3, 0.4) is 0 Å². The van der Waals surface area contributed by atoms with E-state index in [2.05, 4.69) is 15.3 Å². The summed E-state index contributed by atoms with van der Waals surface area (Å²) in [5.41, 5.74) is 3.76. The third-order valence-electron chi connectivity index (χ3n) is 4.12. The first-order valence-electron chi connectivity index (χ1n) is 7.96. The van der Waals surface area contributed by atoms with Gasteiger partial charge in [-0.25, -0.2) is 9.97 Å². The largest absolute Gasteiger partial charge is 0.368 e. The van der Waals surface area contributed by atoms with Gasteiger partial charge in [0.1, 0.15) is 21.5 Å². The number of benzene rings is 1. The predicted molar refractivity (Wildman–Crippen MR) is 95.2 cm³/mol. The Labute approximate surface area is 143 Å². The van der Waals surface area contributed by atoms with Crippen molar-refractivity contribution in [2.45, 2.75) is 25.9 Å². The number of amides is 1. The van der Waals surface area contributed by atoms with Crippen molar-refractivity contribution in [2.24, 2.45) is 0 Å². The van der Waals surface area contributed by atoms with Crippen LogP contribution in [0.25, 0.3) is 20.9 Å². The molecule has 6 heteroatoms. The second-order valence-electron chi connectivity index (χ2n) is 5.87. The lowest BCUT2D eigenvalue weighted by molar-refractivity contribution is -0.124. The first-order chi connectivity index (χ1) is 11.7. The summed E-state index contributed by atoms with van der Waals surface area (Å²) in [4.78, 5) is 22.1. The molecule has 3 aromatic rings. The molecule has 1 unspecified atom stereocenters. The summed E-state index contributed by atoms with van der Waals surface area (Å²) in [6.45, 7) is 2.65. The molecule has 2 aromatic heterocycles. The molecule has 1 saturated heterocycles. The summed E-state index contributed by atoms with van der Waals surface area (Å²) in [5.74, 6) is -0.0625. The predicted octanol–water partition coefficient (Wildman–Crippen LogP) is 3.78. The molecule has 0 spiro atoms. The fourth-order valence-electron chi connectivity index (χ4n) is 2.83. The number of aromatic nitrogens is 2. The van der Waals surface area contributed by atoms with Crippen LogP contribution in [0.4, 0.5) is 5.69 Å². The maximum atomic E-state index is 12.2. The highest BCUT2D eigenvalue weighted by Crippen LogP contribution is 2.31. The Morgan fingerprint density at radius 1 is 1.38 bits per heavy atom. The van der Waals surface area contributed by atoms with Crippen LogP contribution < -0.4 is 5.32 Å². The second-order valence-corrected chi connectivity index (χ2v) is 6.84. The maximum Gasteiger partial charge on any atom is 0.253 e. The van der Waals surface area contributed by atoms with E-state index in [1.54, 1.807) is 17.5 Å². The Morgan fingerprint density at radius 2 is 2.29 bits per heavy atom. The summed E-state index contributed by atoms with van der Waals surface area (Å²) in [7, 11) is 0. The molecule has 1 aliphatic rings. The third-order valence-corrected chi connectivity index (χ3v) is 5.15. The number of thiazole rings is 1. The molecule has 0 bridgehead atoms. The zero-order chi connectivity index (χ0) is 16.5. The van der Waals surface area contributed by atoms with Crippen LogP contribution >= 0.6 is 11.3 Å². The number of aryl methyl sites for hydroxylation is 1. The van der Waals surface area contributed by atoms with Crippen LogP contribution in [0.1, 0.15) is 18.4 Å². The van der Waals surface area contributed by atoms with E-state index in [0.717, 1.165) is 45.0 Å². The Kier molecular flexibility index (Phi) is 4.00. The van der Waals surface area contributed by atoms with Gasteiger partial charge in [-0.05, 0) is 55.7 Å². The minimum absolute atomic E-state index is 0.0625. The van der Waals surface area contributed by atoms with Crippen molar-refractivity contribution in [3.63, 3.8) is 0 Å². The molecule has 122 valence electrons. The quantitative estimate of drug-likeness (QED) is 0.788. The molecule has 1 amide bonds. The fraction of sp³-hybridized carbons (Fsp3) is 0.278.